The molecule has 2 aromatic heterocycles. The van der Waals surface area contributed by atoms with Crippen LogP contribution in [0.1, 0.15) is 5.56 Å². The molecule has 0 N–H and O–H groups in total. The van der Waals surface area contributed by atoms with Crippen LogP contribution in [0.4, 0.5) is 15.8 Å². The molecule has 1 aliphatic heterocycles. The third-order valence-electron chi connectivity index (χ3n) is 5.31. The monoisotopic (exact) mass is 389 g/mol. The zero-order valence-corrected chi connectivity index (χ0v) is 16.0. The van der Waals surface area contributed by atoms with Crippen LogP contribution in [-0.2, 0) is 6.54 Å². The van der Waals surface area contributed by atoms with Crippen molar-refractivity contribution in [2.75, 3.05) is 25.0 Å². The molecule has 0 radical (unpaired) electrons. The molecule has 2 aromatic carbocycles. The first kappa shape index (κ1) is 17.6. The molecule has 29 heavy (non-hydrogen) atoms. The maximum absolute atomic E-state index is 13.4. The highest BCUT2D eigenvalue weighted by Gasteiger charge is 2.21. The standard InChI is InChI=1S/C22H20FN5O/c1-25-12-13-26(18-7-5-17(23)6-8-18)20-10-9-19(14-16(20)15-25)28-22(29)27-11-3-2-4-21(27)24-28/h2-11,14H,12-13,15H2,1H3. The summed E-state index contributed by atoms with van der Waals surface area (Å²) in [6.45, 7) is 2.42. The summed E-state index contributed by atoms with van der Waals surface area (Å²) in [6.07, 6.45) is 1.72. The number of hydrogen-bond acceptors (Lipinski definition) is 4. The Morgan fingerprint density at radius 3 is 2.55 bits per heavy atom. The molecule has 0 atom stereocenters. The van der Waals surface area contributed by atoms with E-state index in [1.54, 1.807) is 18.3 Å². The molecular formula is C22H20FN5O. The first-order valence-electron chi connectivity index (χ1n) is 9.51. The lowest BCUT2D eigenvalue weighted by atomic mass is 10.1. The maximum atomic E-state index is 13.4. The summed E-state index contributed by atoms with van der Waals surface area (Å²) in [7, 11) is 2.07. The molecule has 4 aromatic rings. The Morgan fingerprint density at radius 1 is 0.966 bits per heavy atom. The summed E-state index contributed by atoms with van der Waals surface area (Å²) in [4.78, 5) is 17.2. The summed E-state index contributed by atoms with van der Waals surface area (Å²) < 4.78 is 16.4. The fourth-order valence-electron chi connectivity index (χ4n) is 3.84. The molecule has 0 spiro atoms. The van der Waals surface area contributed by atoms with Crippen LogP contribution in [0, 0.1) is 5.82 Å². The number of benzene rings is 2. The number of rotatable bonds is 2. The average Bonchev–Trinajstić information content (AvgIpc) is 2.97. The van der Waals surface area contributed by atoms with E-state index >= 15 is 0 Å². The third kappa shape index (κ3) is 3.09. The van der Waals surface area contributed by atoms with Gasteiger partial charge in [-0.1, -0.05) is 6.07 Å². The van der Waals surface area contributed by atoms with Gasteiger partial charge in [0.2, 0.25) is 0 Å². The molecule has 3 heterocycles. The number of anilines is 2. The molecule has 0 bridgehead atoms. The second-order valence-corrected chi connectivity index (χ2v) is 7.30. The van der Waals surface area contributed by atoms with Gasteiger partial charge in [0.05, 0.1) is 5.69 Å². The van der Waals surface area contributed by atoms with Crippen molar-refractivity contribution >= 4 is 17.0 Å². The molecule has 1 aliphatic rings. The summed E-state index contributed by atoms with van der Waals surface area (Å²) >= 11 is 0. The number of aromatic nitrogens is 3. The van der Waals surface area contributed by atoms with Gasteiger partial charge in [0.15, 0.2) is 5.65 Å². The summed E-state index contributed by atoms with van der Waals surface area (Å²) in [5, 5.41) is 4.46. The van der Waals surface area contributed by atoms with Crippen molar-refractivity contribution in [3.05, 3.63) is 88.7 Å². The van der Waals surface area contributed by atoms with Crippen LogP contribution in [0.15, 0.2) is 71.7 Å². The van der Waals surface area contributed by atoms with E-state index in [4.69, 9.17) is 0 Å². The molecule has 6 nitrogen and oxygen atoms in total. The summed E-state index contributed by atoms with van der Waals surface area (Å²) in [6, 6.07) is 18.0. The molecular weight excluding hydrogens is 369 g/mol. The van der Waals surface area contributed by atoms with Gasteiger partial charge in [-0.2, -0.15) is 4.68 Å². The second-order valence-electron chi connectivity index (χ2n) is 7.30. The van der Waals surface area contributed by atoms with Crippen LogP contribution in [0.2, 0.25) is 0 Å². The Morgan fingerprint density at radius 2 is 1.76 bits per heavy atom. The van der Waals surface area contributed by atoms with Crippen LogP contribution >= 0.6 is 0 Å². The fourth-order valence-corrected chi connectivity index (χ4v) is 3.84. The number of halogens is 1. The Bertz CT molecular complexity index is 1240. The molecule has 0 amide bonds. The van der Waals surface area contributed by atoms with Crippen molar-refractivity contribution in [3.8, 4) is 5.69 Å². The summed E-state index contributed by atoms with van der Waals surface area (Å²) in [5.74, 6) is -0.248. The van der Waals surface area contributed by atoms with Crippen LogP contribution in [-0.4, -0.2) is 39.2 Å². The van der Waals surface area contributed by atoms with Gasteiger partial charge in [0.1, 0.15) is 5.82 Å². The lowest BCUT2D eigenvalue weighted by Crippen LogP contribution is -2.26. The third-order valence-corrected chi connectivity index (χ3v) is 5.31. The Hall–Kier alpha value is -3.45. The lowest BCUT2D eigenvalue weighted by molar-refractivity contribution is 0.343. The van der Waals surface area contributed by atoms with Gasteiger partial charge < -0.3 is 9.80 Å². The maximum Gasteiger partial charge on any atom is 0.355 e. The van der Waals surface area contributed by atoms with Crippen molar-refractivity contribution in [2.45, 2.75) is 6.54 Å². The number of hydrogen-bond donors (Lipinski definition) is 0. The van der Waals surface area contributed by atoms with E-state index in [0.717, 1.165) is 42.3 Å². The normalized spacial score (nSPS) is 14.8. The van der Waals surface area contributed by atoms with Gasteiger partial charge in [-0.15, -0.1) is 5.10 Å². The van der Waals surface area contributed by atoms with Crippen molar-refractivity contribution in [1.82, 2.24) is 19.1 Å². The van der Waals surface area contributed by atoms with Crippen LogP contribution in [0.3, 0.4) is 0 Å². The Balaban J connectivity index is 1.62. The van der Waals surface area contributed by atoms with E-state index in [2.05, 4.69) is 21.9 Å². The van der Waals surface area contributed by atoms with Crippen molar-refractivity contribution in [2.24, 2.45) is 0 Å². The zero-order valence-electron chi connectivity index (χ0n) is 16.0. The van der Waals surface area contributed by atoms with E-state index in [1.165, 1.54) is 21.2 Å². The van der Waals surface area contributed by atoms with Gasteiger partial charge in [-0.25, -0.2) is 13.6 Å². The zero-order chi connectivity index (χ0) is 20.0. The number of fused-ring (bicyclic) bond motifs is 2. The van der Waals surface area contributed by atoms with E-state index in [9.17, 15) is 9.18 Å². The second kappa shape index (κ2) is 6.86. The van der Waals surface area contributed by atoms with Crippen molar-refractivity contribution in [1.29, 1.82) is 0 Å². The van der Waals surface area contributed by atoms with Gasteiger partial charge in [-0.05, 0) is 67.2 Å². The fraction of sp³-hybridized carbons (Fsp3) is 0.182. The minimum absolute atomic E-state index is 0.196. The molecule has 0 saturated carbocycles. The first-order valence-corrected chi connectivity index (χ1v) is 9.51. The SMILES string of the molecule is CN1CCN(c2ccc(F)cc2)c2ccc(-n3nc4ccccn4c3=O)cc2C1. The van der Waals surface area contributed by atoms with Crippen LogP contribution in [0.5, 0.6) is 0 Å². The Labute approximate surface area is 167 Å². The quantitative estimate of drug-likeness (QED) is 0.528. The van der Waals surface area contributed by atoms with E-state index in [0.29, 0.717) is 5.65 Å². The highest BCUT2D eigenvalue weighted by atomic mass is 19.1. The van der Waals surface area contributed by atoms with Gasteiger partial charge >= 0.3 is 5.69 Å². The number of nitrogens with zero attached hydrogens (tertiary/aromatic N) is 5. The van der Waals surface area contributed by atoms with E-state index < -0.39 is 0 Å². The topological polar surface area (TPSA) is 45.8 Å². The smallest absolute Gasteiger partial charge is 0.340 e. The molecule has 0 unspecified atom stereocenters. The van der Waals surface area contributed by atoms with Crippen molar-refractivity contribution < 1.29 is 4.39 Å². The minimum Gasteiger partial charge on any atom is -0.340 e. The number of pyridine rings is 1. The largest absolute Gasteiger partial charge is 0.355 e. The molecule has 0 saturated heterocycles. The predicted octanol–water partition coefficient (Wildman–Crippen LogP) is 3.21. The highest BCUT2D eigenvalue weighted by molar-refractivity contribution is 5.68. The molecule has 146 valence electrons. The lowest BCUT2D eigenvalue weighted by Gasteiger charge is -2.25. The number of likely N-dealkylation sites (N-methyl/N-ethyl adjacent to an activating group) is 1. The van der Waals surface area contributed by atoms with Gasteiger partial charge in [0.25, 0.3) is 0 Å². The van der Waals surface area contributed by atoms with E-state index in [1.807, 2.05) is 36.4 Å². The van der Waals surface area contributed by atoms with Gasteiger partial charge in [0, 0.05) is 37.2 Å². The van der Waals surface area contributed by atoms with E-state index in [-0.39, 0.29) is 11.5 Å². The molecule has 7 heteroatoms. The minimum atomic E-state index is -0.248. The van der Waals surface area contributed by atoms with Crippen molar-refractivity contribution in [3.63, 3.8) is 0 Å². The average molecular weight is 389 g/mol. The van der Waals surface area contributed by atoms with Crippen LogP contribution < -0.4 is 10.6 Å². The van der Waals surface area contributed by atoms with Crippen LogP contribution in [0.25, 0.3) is 11.3 Å². The Kier molecular flexibility index (Phi) is 4.17. The van der Waals surface area contributed by atoms with Gasteiger partial charge in [-0.3, -0.25) is 0 Å². The predicted molar refractivity (Wildman–Crippen MR) is 111 cm³/mol. The molecule has 0 fully saturated rings. The molecule has 5 rings (SSSR count). The molecule has 0 aliphatic carbocycles. The summed E-state index contributed by atoms with van der Waals surface area (Å²) in [5.41, 5.74) is 4.24. The highest BCUT2D eigenvalue weighted by Crippen LogP contribution is 2.32. The first-order chi connectivity index (χ1) is 14.1.